The fourth-order valence-corrected chi connectivity index (χ4v) is 4.58. The highest BCUT2D eigenvalue weighted by molar-refractivity contribution is 6.08. The van der Waals surface area contributed by atoms with Crippen molar-refractivity contribution < 1.29 is 14.6 Å². The third-order valence-corrected chi connectivity index (χ3v) is 6.01. The minimum absolute atomic E-state index is 0.326. The van der Waals surface area contributed by atoms with Gasteiger partial charge in [0, 0.05) is 28.4 Å². The van der Waals surface area contributed by atoms with Crippen LogP contribution in [0.5, 0.6) is 5.75 Å². The van der Waals surface area contributed by atoms with E-state index in [2.05, 4.69) is 18.2 Å². The van der Waals surface area contributed by atoms with Crippen LogP contribution in [0.25, 0.3) is 32.8 Å². The highest BCUT2D eigenvalue weighted by Gasteiger charge is 2.23. The molecule has 4 heteroatoms. The summed E-state index contributed by atoms with van der Waals surface area (Å²) in [5.41, 5.74) is 4.05. The van der Waals surface area contributed by atoms with E-state index in [9.17, 15) is 9.90 Å². The lowest BCUT2D eigenvalue weighted by Crippen LogP contribution is -2.12. The van der Waals surface area contributed by atoms with Crippen LogP contribution in [0.1, 0.15) is 22.5 Å². The number of carboxylic acid groups (broad SMARTS) is 1. The van der Waals surface area contributed by atoms with Crippen LogP contribution < -0.4 is 4.74 Å². The number of carboxylic acids is 1. The van der Waals surface area contributed by atoms with Crippen LogP contribution in [-0.4, -0.2) is 22.2 Å². The second kappa shape index (κ2) is 8.83. The van der Waals surface area contributed by atoms with E-state index < -0.39 is 5.97 Å². The molecule has 0 atom stereocenters. The van der Waals surface area contributed by atoms with Crippen LogP contribution >= 0.6 is 0 Å². The summed E-state index contributed by atoms with van der Waals surface area (Å²) in [6.45, 7) is 3.08. The SMILES string of the molecule is Cc1cccc(-c2c(C(=O)O)n(CCCOc3cccc4ccccc34)c3ccccc23)c1. The zero-order valence-corrected chi connectivity index (χ0v) is 18.5. The summed E-state index contributed by atoms with van der Waals surface area (Å²) in [6, 6.07) is 30.1. The summed E-state index contributed by atoms with van der Waals surface area (Å²) >= 11 is 0. The number of hydrogen-bond acceptors (Lipinski definition) is 2. The Bertz CT molecular complexity index is 1460. The highest BCUT2D eigenvalue weighted by atomic mass is 16.5. The number of rotatable bonds is 7. The van der Waals surface area contributed by atoms with E-state index in [0.717, 1.165) is 44.1 Å². The molecule has 164 valence electrons. The zero-order valence-electron chi connectivity index (χ0n) is 18.5. The molecule has 0 aliphatic heterocycles. The van der Waals surface area contributed by atoms with Gasteiger partial charge in [-0.25, -0.2) is 4.79 Å². The van der Waals surface area contributed by atoms with E-state index in [1.54, 1.807) is 0 Å². The number of para-hydroxylation sites is 1. The van der Waals surface area contributed by atoms with E-state index in [0.29, 0.717) is 25.3 Å². The fourth-order valence-electron chi connectivity index (χ4n) is 4.58. The molecule has 0 aliphatic carbocycles. The van der Waals surface area contributed by atoms with Gasteiger partial charge in [-0.3, -0.25) is 0 Å². The van der Waals surface area contributed by atoms with Gasteiger partial charge in [0.05, 0.1) is 6.61 Å². The molecule has 33 heavy (non-hydrogen) atoms. The molecule has 0 bridgehead atoms. The molecule has 0 fully saturated rings. The lowest BCUT2D eigenvalue weighted by molar-refractivity contribution is 0.0686. The minimum atomic E-state index is -0.919. The number of ether oxygens (including phenoxy) is 1. The van der Waals surface area contributed by atoms with Gasteiger partial charge < -0.3 is 14.4 Å². The number of carbonyl (C=O) groups is 1. The number of aromatic carboxylic acids is 1. The molecule has 5 aromatic rings. The van der Waals surface area contributed by atoms with Crippen molar-refractivity contribution in [3.63, 3.8) is 0 Å². The predicted molar refractivity (Wildman–Crippen MR) is 133 cm³/mol. The van der Waals surface area contributed by atoms with Crippen molar-refractivity contribution in [3.8, 4) is 16.9 Å². The third kappa shape index (κ3) is 3.96. The molecule has 1 aromatic heterocycles. The Hall–Kier alpha value is -4.05. The average Bonchev–Trinajstić information content (AvgIpc) is 3.16. The van der Waals surface area contributed by atoms with Gasteiger partial charge in [-0.1, -0.05) is 84.4 Å². The van der Waals surface area contributed by atoms with Crippen LogP contribution in [0.15, 0.2) is 91.0 Å². The molecule has 5 rings (SSSR count). The molecule has 0 radical (unpaired) electrons. The summed E-state index contributed by atoms with van der Waals surface area (Å²) in [5.74, 6) is -0.0675. The molecule has 0 amide bonds. The fraction of sp³-hybridized carbons (Fsp3) is 0.138. The first-order valence-electron chi connectivity index (χ1n) is 11.2. The first kappa shape index (κ1) is 20.8. The second-order valence-corrected chi connectivity index (χ2v) is 8.25. The van der Waals surface area contributed by atoms with Gasteiger partial charge in [0.1, 0.15) is 11.4 Å². The van der Waals surface area contributed by atoms with Crippen molar-refractivity contribution in [2.45, 2.75) is 19.9 Å². The van der Waals surface area contributed by atoms with E-state index >= 15 is 0 Å². The van der Waals surface area contributed by atoms with Crippen molar-refractivity contribution in [2.24, 2.45) is 0 Å². The Morgan fingerprint density at radius 2 is 1.61 bits per heavy atom. The van der Waals surface area contributed by atoms with Gasteiger partial charge in [0.15, 0.2) is 0 Å². The average molecular weight is 436 g/mol. The second-order valence-electron chi connectivity index (χ2n) is 8.25. The molecule has 4 nitrogen and oxygen atoms in total. The smallest absolute Gasteiger partial charge is 0.353 e. The molecule has 0 unspecified atom stereocenters. The van der Waals surface area contributed by atoms with Crippen LogP contribution in [-0.2, 0) is 6.54 Å². The van der Waals surface area contributed by atoms with E-state index in [4.69, 9.17) is 4.74 Å². The van der Waals surface area contributed by atoms with E-state index in [1.807, 2.05) is 84.3 Å². The van der Waals surface area contributed by atoms with E-state index in [1.165, 1.54) is 0 Å². The Morgan fingerprint density at radius 1 is 0.879 bits per heavy atom. The number of aromatic nitrogens is 1. The Morgan fingerprint density at radius 3 is 2.42 bits per heavy atom. The van der Waals surface area contributed by atoms with Crippen molar-refractivity contribution >= 4 is 27.6 Å². The highest BCUT2D eigenvalue weighted by Crippen LogP contribution is 2.36. The lowest BCUT2D eigenvalue weighted by atomic mass is 10.00. The summed E-state index contributed by atoms with van der Waals surface area (Å²) in [5, 5.41) is 13.4. The normalized spacial score (nSPS) is 11.2. The molecule has 0 spiro atoms. The number of benzene rings is 4. The topological polar surface area (TPSA) is 51.5 Å². The molecule has 0 aliphatic rings. The summed E-state index contributed by atoms with van der Waals surface area (Å²) in [4.78, 5) is 12.4. The van der Waals surface area contributed by atoms with Gasteiger partial charge in [-0.2, -0.15) is 0 Å². The van der Waals surface area contributed by atoms with Gasteiger partial charge in [-0.05, 0) is 36.4 Å². The van der Waals surface area contributed by atoms with Gasteiger partial charge in [0.25, 0.3) is 0 Å². The summed E-state index contributed by atoms with van der Waals surface area (Å²) < 4.78 is 8.02. The standard InChI is InChI=1S/C29H25NO3/c1-20-9-6-12-22(19-20)27-24-14-4-5-15-25(24)30(28(27)29(31)32)17-8-18-33-26-16-7-11-21-10-2-3-13-23(21)26/h2-7,9-16,19H,8,17-18H2,1H3,(H,31,32). The van der Waals surface area contributed by atoms with E-state index in [-0.39, 0.29) is 0 Å². The van der Waals surface area contributed by atoms with Gasteiger partial charge in [-0.15, -0.1) is 0 Å². The molecular formula is C29H25NO3. The number of hydrogen-bond donors (Lipinski definition) is 1. The lowest BCUT2D eigenvalue weighted by Gasteiger charge is -2.12. The Kier molecular flexibility index (Phi) is 5.57. The molecule has 1 N–H and O–H groups in total. The van der Waals surface area contributed by atoms with Crippen molar-refractivity contribution in [1.82, 2.24) is 4.57 Å². The van der Waals surface area contributed by atoms with Crippen LogP contribution in [0.4, 0.5) is 0 Å². The number of aryl methyl sites for hydroxylation is 2. The molecular weight excluding hydrogens is 410 g/mol. The third-order valence-electron chi connectivity index (χ3n) is 6.01. The Labute approximate surface area is 192 Å². The largest absolute Gasteiger partial charge is 0.493 e. The molecule has 0 saturated heterocycles. The van der Waals surface area contributed by atoms with Gasteiger partial charge in [0.2, 0.25) is 0 Å². The summed E-state index contributed by atoms with van der Waals surface area (Å²) in [7, 11) is 0. The van der Waals surface area contributed by atoms with Crippen LogP contribution in [0.3, 0.4) is 0 Å². The maximum absolute atomic E-state index is 12.4. The molecule has 4 aromatic carbocycles. The van der Waals surface area contributed by atoms with Gasteiger partial charge >= 0.3 is 5.97 Å². The van der Waals surface area contributed by atoms with Crippen LogP contribution in [0.2, 0.25) is 0 Å². The summed E-state index contributed by atoms with van der Waals surface area (Å²) in [6.07, 6.45) is 0.690. The molecule has 0 saturated carbocycles. The maximum atomic E-state index is 12.4. The number of fused-ring (bicyclic) bond motifs is 2. The maximum Gasteiger partial charge on any atom is 0.353 e. The van der Waals surface area contributed by atoms with Crippen molar-refractivity contribution in [2.75, 3.05) is 6.61 Å². The minimum Gasteiger partial charge on any atom is -0.493 e. The first-order valence-corrected chi connectivity index (χ1v) is 11.2. The Balaban J connectivity index is 1.46. The predicted octanol–water partition coefficient (Wildman–Crippen LogP) is 6.94. The first-order chi connectivity index (χ1) is 16.1. The quantitative estimate of drug-likeness (QED) is 0.282. The number of nitrogens with zero attached hydrogens (tertiary/aromatic N) is 1. The molecule has 1 heterocycles. The van der Waals surface area contributed by atoms with Crippen molar-refractivity contribution in [3.05, 3.63) is 102 Å². The monoisotopic (exact) mass is 435 g/mol. The van der Waals surface area contributed by atoms with Crippen LogP contribution in [0, 0.1) is 6.92 Å². The van der Waals surface area contributed by atoms with Crippen molar-refractivity contribution in [1.29, 1.82) is 0 Å². The zero-order chi connectivity index (χ0) is 22.8.